The molecule has 1 aliphatic heterocycles. The second-order valence-electron chi connectivity index (χ2n) is 6.03. The summed E-state index contributed by atoms with van der Waals surface area (Å²) in [5.74, 6) is 1.80. The standard InChI is InChI=1S/C14H20N4S/c1-9-7-10-11(18-6-5-14(2,3)8-18)16-13(15-4)17-12(10)19-9/h7H,5-6,8H2,1-4H3,(H,15,16,17). The lowest BCUT2D eigenvalue weighted by Crippen LogP contribution is -2.24. The Hall–Kier alpha value is -1.36. The van der Waals surface area contributed by atoms with Crippen LogP contribution in [-0.2, 0) is 0 Å². The maximum atomic E-state index is 4.69. The van der Waals surface area contributed by atoms with Gasteiger partial charge in [-0.3, -0.25) is 0 Å². The zero-order chi connectivity index (χ0) is 13.6. The van der Waals surface area contributed by atoms with Crippen molar-refractivity contribution < 1.29 is 0 Å². The molecule has 1 N–H and O–H groups in total. The normalized spacial score (nSPS) is 18.2. The highest BCUT2D eigenvalue weighted by molar-refractivity contribution is 7.18. The van der Waals surface area contributed by atoms with Gasteiger partial charge in [-0.05, 0) is 24.8 Å². The van der Waals surface area contributed by atoms with E-state index in [0.29, 0.717) is 11.4 Å². The molecule has 102 valence electrons. The molecule has 1 aliphatic rings. The van der Waals surface area contributed by atoms with Crippen LogP contribution in [0.2, 0.25) is 0 Å². The molecule has 5 heteroatoms. The summed E-state index contributed by atoms with van der Waals surface area (Å²) in [6.45, 7) is 8.92. The molecule has 2 aromatic rings. The van der Waals surface area contributed by atoms with Gasteiger partial charge in [0.05, 0.1) is 5.39 Å². The molecule has 1 saturated heterocycles. The van der Waals surface area contributed by atoms with E-state index in [0.717, 1.165) is 23.7 Å². The summed E-state index contributed by atoms with van der Waals surface area (Å²) in [4.78, 5) is 14.0. The van der Waals surface area contributed by atoms with Crippen LogP contribution in [0.4, 0.5) is 11.8 Å². The smallest absolute Gasteiger partial charge is 0.225 e. The molecule has 0 amide bonds. The zero-order valence-electron chi connectivity index (χ0n) is 11.9. The monoisotopic (exact) mass is 276 g/mol. The van der Waals surface area contributed by atoms with E-state index in [1.54, 1.807) is 11.3 Å². The van der Waals surface area contributed by atoms with Crippen LogP contribution in [0.3, 0.4) is 0 Å². The fourth-order valence-electron chi connectivity index (χ4n) is 2.67. The number of hydrogen-bond acceptors (Lipinski definition) is 5. The third-order valence-electron chi connectivity index (χ3n) is 3.70. The van der Waals surface area contributed by atoms with Gasteiger partial charge in [-0.25, -0.2) is 4.98 Å². The van der Waals surface area contributed by atoms with Gasteiger partial charge in [0.15, 0.2) is 0 Å². The van der Waals surface area contributed by atoms with Crippen LogP contribution in [0.15, 0.2) is 6.07 Å². The number of aryl methyl sites for hydroxylation is 1. The maximum absolute atomic E-state index is 4.69. The van der Waals surface area contributed by atoms with Crippen LogP contribution in [0.1, 0.15) is 25.1 Å². The molecule has 0 radical (unpaired) electrons. The first-order valence-electron chi connectivity index (χ1n) is 6.69. The average Bonchev–Trinajstić information content (AvgIpc) is 2.89. The Morgan fingerprint density at radius 2 is 2.16 bits per heavy atom. The Balaban J connectivity index is 2.11. The molecule has 0 saturated carbocycles. The number of anilines is 2. The number of hydrogen-bond donors (Lipinski definition) is 1. The topological polar surface area (TPSA) is 41.1 Å². The summed E-state index contributed by atoms with van der Waals surface area (Å²) < 4.78 is 0. The SMILES string of the molecule is CNc1nc(N2CCC(C)(C)C2)c2cc(C)sc2n1. The largest absolute Gasteiger partial charge is 0.357 e. The van der Waals surface area contributed by atoms with Gasteiger partial charge in [-0.2, -0.15) is 4.98 Å². The van der Waals surface area contributed by atoms with Crippen LogP contribution >= 0.6 is 11.3 Å². The van der Waals surface area contributed by atoms with Gasteiger partial charge in [0.2, 0.25) is 5.95 Å². The van der Waals surface area contributed by atoms with E-state index in [4.69, 9.17) is 4.98 Å². The van der Waals surface area contributed by atoms with Gasteiger partial charge in [-0.1, -0.05) is 13.8 Å². The Kier molecular flexibility index (Phi) is 2.89. The van der Waals surface area contributed by atoms with Crippen molar-refractivity contribution in [3.05, 3.63) is 10.9 Å². The minimum Gasteiger partial charge on any atom is -0.357 e. The van der Waals surface area contributed by atoms with Gasteiger partial charge in [0, 0.05) is 25.0 Å². The first-order valence-corrected chi connectivity index (χ1v) is 7.51. The molecule has 0 bridgehead atoms. The lowest BCUT2D eigenvalue weighted by Gasteiger charge is -2.21. The first kappa shape index (κ1) is 12.7. The highest BCUT2D eigenvalue weighted by Crippen LogP contribution is 2.37. The minimum absolute atomic E-state index is 0.377. The molecule has 0 aliphatic carbocycles. The molecule has 0 atom stereocenters. The van der Waals surface area contributed by atoms with Crippen molar-refractivity contribution in [1.82, 2.24) is 9.97 Å². The van der Waals surface area contributed by atoms with E-state index in [1.165, 1.54) is 16.7 Å². The number of rotatable bonds is 2. The zero-order valence-corrected chi connectivity index (χ0v) is 12.8. The number of aromatic nitrogens is 2. The van der Waals surface area contributed by atoms with E-state index in [2.05, 4.69) is 42.0 Å². The van der Waals surface area contributed by atoms with Gasteiger partial charge in [-0.15, -0.1) is 11.3 Å². The average molecular weight is 276 g/mol. The first-order chi connectivity index (χ1) is 8.98. The molecule has 0 spiro atoms. The molecule has 0 aromatic carbocycles. The highest BCUT2D eigenvalue weighted by atomic mass is 32.1. The Morgan fingerprint density at radius 1 is 1.37 bits per heavy atom. The van der Waals surface area contributed by atoms with Crippen molar-refractivity contribution in [1.29, 1.82) is 0 Å². The lowest BCUT2D eigenvalue weighted by atomic mass is 9.93. The van der Waals surface area contributed by atoms with Gasteiger partial charge < -0.3 is 10.2 Å². The number of nitrogens with zero attached hydrogens (tertiary/aromatic N) is 3. The van der Waals surface area contributed by atoms with Crippen molar-refractivity contribution in [3.8, 4) is 0 Å². The summed E-state index contributed by atoms with van der Waals surface area (Å²) in [6, 6.07) is 2.21. The summed E-state index contributed by atoms with van der Waals surface area (Å²) in [6.07, 6.45) is 1.22. The molecule has 1 fully saturated rings. The number of nitrogens with one attached hydrogen (secondary N) is 1. The predicted octanol–water partition coefficient (Wildman–Crippen LogP) is 3.28. The van der Waals surface area contributed by atoms with E-state index < -0.39 is 0 Å². The van der Waals surface area contributed by atoms with Gasteiger partial charge >= 0.3 is 0 Å². The van der Waals surface area contributed by atoms with Crippen molar-refractivity contribution >= 4 is 33.3 Å². The van der Waals surface area contributed by atoms with Crippen molar-refractivity contribution in [3.63, 3.8) is 0 Å². The third kappa shape index (κ3) is 2.27. The molecule has 2 aromatic heterocycles. The summed E-state index contributed by atoms with van der Waals surface area (Å²) in [5, 5.41) is 4.26. The predicted molar refractivity (Wildman–Crippen MR) is 82.3 cm³/mol. The van der Waals surface area contributed by atoms with Gasteiger partial charge in [0.25, 0.3) is 0 Å². The molecule has 3 heterocycles. The van der Waals surface area contributed by atoms with E-state index in [-0.39, 0.29) is 0 Å². The number of thiophene rings is 1. The summed E-state index contributed by atoms with van der Waals surface area (Å²) in [5.41, 5.74) is 0.377. The van der Waals surface area contributed by atoms with Crippen molar-refractivity contribution in [2.75, 3.05) is 30.4 Å². The van der Waals surface area contributed by atoms with E-state index >= 15 is 0 Å². The van der Waals surface area contributed by atoms with Crippen LogP contribution < -0.4 is 10.2 Å². The molecular formula is C14H20N4S. The fourth-order valence-corrected chi connectivity index (χ4v) is 3.55. The van der Waals surface area contributed by atoms with Crippen LogP contribution in [0.5, 0.6) is 0 Å². The molecule has 19 heavy (non-hydrogen) atoms. The number of fused-ring (bicyclic) bond motifs is 1. The Labute approximate surface area is 117 Å². The second kappa shape index (κ2) is 4.34. The van der Waals surface area contributed by atoms with E-state index in [1.807, 2.05) is 7.05 Å². The maximum Gasteiger partial charge on any atom is 0.225 e. The third-order valence-corrected chi connectivity index (χ3v) is 4.64. The molecule has 0 unspecified atom stereocenters. The Morgan fingerprint density at radius 3 is 2.79 bits per heavy atom. The Bertz CT molecular complexity index is 617. The van der Waals surface area contributed by atoms with E-state index in [9.17, 15) is 0 Å². The summed E-state index contributed by atoms with van der Waals surface area (Å²) >= 11 is 1.74. The minimum atomic E-state index is 0.377. The highest BCUT2D eigenvalue weighted by Gasteiger charge is 2.31. The quantitative estimate of drug-likeness (QED) is 0.914. The molecule has 3 rings (SSSR count). The van der Waals surface area contributed by atoms with Gasteiger partial charge in [0.1, 0.15) is 10.6 Å². The fraction of sp³-hybridized carbons (Fsp3) is 0.571. The van der Waals surface area contributed by atoms with Crippen molar-refractivity contribution in [2.45, 2.75) is 27.2 Å². The molecule has 4 nitrogen and oxygen atoms in total. The van der Waals surface area contributed by atoms with Crippen LogP contribution in [0.25, 0.3) is 10.2 Å². The van der Waals surface area contributed by atoms with Crippen molar-refractivity contribution in [2.24, 2.45) is 5.41 Å². The lowest BCUT2D eigenvalue weighted by molar-refractivity contribution is 0.418. The second-order valence-corrected chi connectivity index (χ2v) is 7.27. The molecular weight excluding hydrogens is 256 g/mol. The summed E-state index contributed by atoms with van der Waals surface area (Å²) in [7, 11) is 1.87. The van der Waals surface area contributed by atoms with Crippen LogP contribution in [-0.4, -0.2) is 30.1 Å². The van der Waals surface area contributed by atoms with Crippen LogP contribution in [0, 0.1) is 12.3 Å².